The summed E-state index contributed by atoms with van der Waals surface area (Å²) in [5.74, 6) is -1.20. The van der Waals surface area contributed by atoms with Gasteiger partial charge in [0.05, 0.1) is 0 Å². The van der Waals surface area contributed by atoms with Gasteiger partial charge in [0, 0.05) is 44.9 Å². The topological polar surface area (TPSA) is 18.5 Å². The van der Waals surface area contributed by atoms with Gasteiger partial charge in [0.2, 0.25) is 0 Å². The summed E-state index contributed by atoms with van der Waals surface area (Å²) in [6, 6.07) is 56.5. The first-order valence-corrected chi connectivity index (χ1v) is 23.5. The van der Waals surface area contributed by atoms with Crippen LogP contribution in [0.4, 0.5) is 17.6 Å². The van der Waals surface area contributed by atoms with Crippen LogP contribution in [0.5, 0.6) is 23.0 Å². The van der Waals surface area contributed by atoms with Crippen molar-refractivity contribution in [3.63, 3.8) is 0 Å². The molecule has 0 saturated carbocycles. The standard InChI is InChI=1S/C30H25ClF2OS.C24H20BrClF2O/c31-24-16-14-23(15-17-24)28(18-19-35-27-12-5-2-6-13-27)30(33)29(32)21-22-8-7-11-26(20-22)34-25-9-3-1-4-10-25;25-14-13-22(18-9-11-19(26)12-10-18)24(28)23(27)16-17-5-4-8-21(15-17)29-20-6-2-1-3-7-20/h1-17,20,28H,18-19,21H2;1-12,15,22H,13-14,16H2/b30-29+;24-23+. The van der Waals surface area contributed by atoms with Crippen LogP contribution in [0.2, 0.25) is 10.0 Å². The predicted molar refractivity (Wildman–Crippen MR) is 260 cm³/mol. The van der Waals surface area contributed by atoms with Crippen molar-refractivity contribution in [2.75, 3.05) is 11.1 Å². The highest BCUT2D eigenvalue weighted by Gasteiger charge is 2.23. The largest absolute Gasteiger partial charge is 0.457 e. The summed E-state index contributed by atoms with van der Waals surface area (Å²) >= 11 is 16.9. The highest BCUT2D eigenvalue weighted by atomic mass is 79.9. The summed E-state index contributed by atoms with van der Waals surface area (Å²) in [4.78, 5) is 1.10. The van der Waals surface area contributed by atoms with E-state index in [1.165, 1.54) is 0 Å². The van der Waals surface area contributed by atoms with Crippen molar-refractivity contribution < 1.29 is 27.0 Å². The van der Waals surface area contributed by atoms with Gasteiger partial charge >= 0.3 is 0 Å². The number of hydrogen-bond acceptors (Lipinski definition) is 3. The van der Waals surface area contributed by atoms with Gasteiger partial charge in [-0.2, -0.15) is 0 Å². The Balaban J connectivity index is 0.000000216. The van der Waals surface area contributed by atoms with E-state index in [9.17, 15) is 8.78 Å². The summed E-state index contributed by atoms with van der Waals surface area (Å²) in [5, 5.41) is 1.68. The Labute approximate surface area is 395 Å². The van der Waals surface area contributed by atoms with Crippen LogP contribution in [-0.2, 0) is 12.8 Å². The van der Waals surface area contributed by atoms with E-state index >= 15 is 8.78 Å². The lowest BCUT2D eigenvalue weighted by Crippen LogP contribution is -2.04. The molecule has 7 rings (SSSR count). The minimum absolute atomic E-state index is 0.135. The second-order valence-corrected chi connectivity index (χ2v) is 17.5. The smallest absolute Gasteiger partial charge is 0.139 e. The average molecular weight is 985 g/mol. The molecule has 0 aliphatic rings. The highest BCUT2D eigenvalue weighted by molar-refractivity contribution is 9.09. The monoisotopic (exact) mass is 982 g/mol. The van der Waals surface area contributed by atoms with E-state index in [1.54, 1.807) is 109 Å². The quantitative estimate of drug-likeness (QED) is 0.0485. The molecule has 2 nitrogen and oxygen atoms in total. The molecule has 2 unspecified atom stereocenters. The van der Waals surface area contributed by atoms with Crippen molar-refractivity contribution in [2.45, 2.75) is 42.4 Å². The van der Waals surface area contributed by atoms with Gasteiger partial charge in [0.1, 0.15) is 46.3 Å². The van der Waals surface area contributed by atoms with Crippen LogP contribution in [-0.4, -0.2) is 11.1 Å². The fourth-order valence-electron chi connectivity index (χ4n) is 6.78. The zero-order valence-corrected chi connectivity index (χ0v) is 38.6. The molecule has 0 fully saturated rings. The molecule has 0 heterocycles. The molecule has 0 aromatic heterocycles. The van der Waals surface area contributed by atoms with Crippen molar-refractivity contribution in [1.29, 1.82) is 0 Å². The number of allylic oxidation sites excluding steroid dienone is 4. The second kappa shape index (κ2) is 25.3. The Morgan fingerprint density at radius 2 is 0.859 bits per heavy atom. The van der Waals surface area contributed by atoms with E-state index in [1.807, 2.05) is 91.0 Å². The SMILES string of the molecule is F/C(Cc1cccc(Oc2ccccc2)c1)=C(/F)C(CCBr)c1ccc(Cl)cc1.F/C(Cc1cccc(Oc2ccccc2)c1)=C(/F)C(CCSc1ccccc1)c1ccc(Cl)cc1. The van der Waals surface area contributed by atoms with Crippen molar-refractivity contribution >= 4 is 50.9 Å². The molecule has 0 saturated heterocycles. The Kier molecular flexibility index (Phi) is 19.1. The van der Waals surface area contributed by atoms with E-state index in [2.05, 4.69) is 15.9 Å². The first-order valence-electron chi connectivity index (χ1n) is 20.6. The number of para-hydroxylation sites is 2. The van der Waals surface area contributed by atoms with Crippen LogP contribution in [0.3, 0.4) is 0 Å². The van der Waals surface area contributed by atoms with Crippen LogP contribution in [0.1, 0.15) is 46.9 Å². The molecule has 0 spiro atoms. The molecule has 0 N–H and O–H groups in total. The Morgan fingerprint density at radius 1 is 0.469 bits per heavy atom. The molecule has 7 aromatic rings. The average Bonchev–Trinajstić information content (AvgIpc) is 3.31. The molecule has 0 bridgehead atoms. The normalized spacial score (nSPS) is 12.8. The lowest BCUT2D eigenvalue weighted by atomic mass is 9.93. The maximum Gasteiger partial charge on any atom is 0.139 e. The van der Waals surface area contributed by atoms with Crippen LogP contribution in [0.25, 0.3) is 0 Å². The number of hydrogen-bond donors (Lipinski definition) is 0. The molecular formula is C54H45BrCl2F4O2S. The number of benzene rings is 7. The summed E-state index contributed by atoms with van der Waals surface area (Å²) in [6.45, 7) is 0. The van der Waals surface area contributed by atoms with Crippen molar-refractivity contribution in [3.05, 3.63) is 244 Å². The van der Waals surface area contributed by atoms with E-state index < -0.39 is 35.1 Å². The summed E-state index contributed by atoms with van der Waals surface area (Å²) in [5.41, 5.74) is 2.68. The van der Waals surface area contributed by atoms with Gasteiger partial charge in [-0.05, 0) is 126 Å². The molecular weight excluding hydrogens is 939 g/mol. The lowest BCUT2D eigenvalue weighted by molar-refractivity contribution is 0.464. The summed E-state index contributed by atoms with van der Waals surface area (Å²) in [7, 11) is 0. The summed E-state index contributed by atoms with van der Waals surface area (Å²) in [6.07, 6.45) is 0.619. The number of rotatable bonds is 18. The van der Waals surface area contributed by atoms with Crippen LogP contribution < -0.4 is 9.47 Å². The lowest BCUT2D eigenvalue weighted by Gasteiger charge is -2.17. The zero-order valence-electron chi connectivity index (χ0n) is 34.7. The maximum atomic E-state index is 15.5. The van der Waals surface area contributed by atoms with Crippen molar-refractivity contribution in [1.82, 2.24) is 0 Å². The first-order chi connectivity index (χ1) is 31.1. The van der Waals surface area contributed by atoms with E-state index in [4.69, 9.17) is 32.7 Å². The molecule has 0 radical (unpaired) electrons. The van der Waals surface area contributed by atoms with Crippen molar-refractivity contribution in [2.24, 2.45) is 0 Å². The Bertz CT molecular complexity index is 2560. The van der Waals surface area contributed by atoms with Gasteiger partial charge in [0.25, 0.3) is 0 Å². The molecule has 0 aliphatic carbocycles. The third kappa shape index (κ3) is 15.2. The Morgan fingerprint density at radius 3 is 1.28 bits per heavy atom. The molecule has 7 aromatic carbocycles. The predicted octanol–water partition coefficient (Wildman–Crippen LogP) is 18.2. The summed E-state index contributed by atoms with van der Waals surface area (Å²) < 4.78 is 72.2. The van der Waals surface area contributed by atoms with Gasteiger partial charge in [-0.25, -0.2) is 17.6 Å². The zero-order chi connectivity index (χ0) is 45.1. The van der Waals surface area contributed by atoms with E-state index in [-0.39, 0.29) is 12.8 Å². The third-order valence-electron chi connectivity index (χ3n) is 9.96. The molecule has 0 aliphatic heterocycles. The van der Waals surface area contributed by atoms with Crippen molar-refractivity contribution in [3.8, 4) is 23.0 Å². The fourth-order valence-corrected chi connectivity index (χ4v) is 8.43. The minimum Gasteiger partial charge on any atom is -0.457 e. The Hall–Kier alpha value is -5.25. The number of ether oxygens (including phenoxy) is 2. The third-order valence-corrected chi connectivity index (χ3v) is 12.0. The molecule has 0 amide bonds. The number of thioether (sulfide) groups is 1. The van der Waals surface area contributed by atoms with Gasteiger partial charge < -0.3 is 9.47 Å². The first kappa shape index (κ1) is 48.2. The van der Waals surface area contributed by atoms with E-state index in [0.717, 1.165) is 4.90 Å². The van der Waals surface area contributed by atoms with E-state index in [0.29, 0.717) is 79.2 Å². The fraction of sp³-hybridized carbons (Fsp3) is 0.148. The van der Waals surface area contributed by atoms with Gasteiger partial charge in [-0.15, -0.1) is 11.8 Å². The van der Waals surface area contributed by atoms with Crippen LogP contribution in [0.15, 0.2) is 216 Å². The molecule has 64 heavy (non-hydrogen) atoms. The number of halogens is 7. The maximum absolute atomic E-state index is 15.5. The van der Waals surface area contributed by atoms with Crippen LogP contribution >= 0.6 is 50.9 Å². The molecule has 10 heteroatoms. The van der Waals surface area contributed by atoms with Gasteiger partial charge in [-0.1, -0.05) is 142 Å². The molecule has 2 atom stereocenters. The number of alkyl halides is 1. The minimum atomic E-state index is -0.775. The van der Waals surface area contributed by atoms with Crippen LogP contribution in [0, 0.1) is 0 Å². The van der Waals surface area contributed by atoms with Gasteiger partial charge in [0.15, 0.2) is 0 Å². The van der Waals surface area contributed by atoms with Gasteiger partial charge in [-0.3, -0.25) is 0 Å². The molecule has 328 valence electrons. The second-order valence-electron chi connectivity index (χ2n) is 14.6. The highest BCUT2D eigenvalue weighted by Crippen LogP contribution is 2.37.